The molecule has 33 heavy (non-hydrogen) atoms. The van der Waals surface area contributed by atoms with Crippen LogP contribution in [0, 0.1) is 6.92 Å². The van der Waals surface area contributed by atoms with Crippen LogP contribution in [0.25, 0.3) is 0 Å². The zero-order valence-corrected chi connectivity index (χ0v) is 22.2. The minimum absolute atomic E-state index is 0. The first kappa shape index (κ1) is 25.6. The quantitative estimate of drug-likeness (QED) is 0.309. The molecule has 1 aromatic heterocycles. The number of aliphatic imine (C=N–C) groups is 1. The molecular weight excluding hydrogens is 533 g/mol. The third-order valence-corrected chi connectivity index (χ3v) is 6.25. The first-order chi connectivity index (χ1) is 15.7. The fourth-order valence-electron chi connectivity index (χ4n) is 4.51. The zero-order chi connectivity index (χ0) is 22.3. The maximum absolute atomic E-state index is 6.37. The van der Waals surface area contributed by atoms with Crippen molar-refractivity contribution in [2.45, 2.75) is 51.8 Å². The molecular formula is C24H36IN5O3. The Balaban J connectivity index is 0.00000306. The summed E-state index contributed by atoms with van der Waals surface area (Å²) in [4.78, 5) is 9.24. The zero-order valence-electron chi connectivity index (χ0n) is 19.9. The highest BCUT2D eigenvalue weighted by Crippen LogP contribution is 2.34. The molecule has 0 spiro atoms. The van der Waals surface area contributed by atoms with E-state index < -0.39 is 0 Å². The molecule has 182 valence electrons. The van der Waals surface area contributed by atoms with Gasteiger partial charge in [0.05, 0.1) is 18.9 Å². The highest BCUT2D eigenvalue weighted by Gasteiger charge is 2.23. The van der Waals surface area contributed by atoms with Gasteiger partial charge in [0.1, 0.15) is 5.76 Å². The van der Waals surface area contributed by atoms with Crippen LogP contribution in [-0.2, 0) is 13.1 Å². The van der Waals surface area contributed by atoms with Crippen LogP contribution in [0.1, 0.15) is 42.7 Å². The predicted molar refractivity (Wildman–Crippen MR) is 140 cm³/mol. The third-order valence-electron chi connectivity index (χ3n) is 6.25. The van der Waals surface area contributed by atoms with Crippen LogP contribution in [0.3, 0.4) is 0 Å². The van der Waals surface area contributed by atoms with Crippen LogP contribution < -0.4 is 14.8 Å². The number of guanidine groups is 1. The van der Waals surface area contributed by atoms with E-state index in [0.717, 1.165) is 80.0 Å². The molecule has 0 bridgehead atoms. The van der Waals surface area contributed by atoms with Crippen molar-refractivity contribution in [3.8, 4) is 11.5 Å². The van der Waals surface area contributed by atoms with Crippen molar-refractivity contribution in [1.29, 1.82) is 0 Å². The third kappa shape index (κ3) is 6.75. The molecule has 1 N–H and O–H groups in total. The number of benzene rings is 1. The maximum atomic E-state index is 6.37. The first-order valence-electron chi connectivity index (χ1n) is 11.6. The van der Waals surface area contributed by atoms with Gasteiger partial charge in [0, 0.05) is 57.9 Å². The van der Waals surface area contributed by atoms with Gasteiger partial charge < -0.3 is 24.2 Å². The summed E-state index contributed by atoms with van der Waals surface area (Å²) in [7, 11) is 3.54. The average molecular weight is 569 g/mol. The largest absolute Gasteiger partial charge is 0.493 e. The number of nitrogens with one attached hydrogen (secondary N) is 1. The summed E-state index contributed by atoms with van der Waals surface area (Å²) in [5.41, 5.74) is 2.09. The van der Waals surface area contributed by atoms with Gasteiger partial charge >= 0.3 is 0 Å². The van der Waals surface area contributed by atoms with Crippen molar-refractivity contribution in [2.75, 3.05) is 40.3 Å². The van der Waals surface area contributed by atoms with Crippen molar-refractivity contribution < 1.29 is 14.0 Å². The van der Waals surface area contributed by atoms with E-state index in [1.54, 1.807) is 7.11 Å². The molecule has 1 saturated carbocycles. The van der Waals surface area contributed by atoms with E-state index in [9.17, 15) is 0 Å². The lowest BCUT2D eigenvalue weighted by atomic mass is 10.1. The molecule has 1 saturated heterocycles. The van der Waals surface area contributed by atoms with Crippen molar-refractivity contribution >= 4 is 29.9 Å². The second-order valence-corrected chi connectivity index (χ2v) is 8.57. The minimum Gasteiger partial charge on any atom is -0.493 e. The summed E-state index contributed by atoms with van der Waals surface area (Å²) < 4.78 is 17.2. The number of para-hydroxylation sites is 1. The lowest BCUT2D eigenvalue weighted by molar-refractivity contribution is 0.168. The van der Waals surface area contributed by atoms with Gasteiger partial charge in [-0.15, -0.1) is 24.0 Å². The molecule has 0 unspecified atom stereocenters. The standard InChI is InChI=1S/C24H35N5O3.HI/c1-18-15-20(27-32-18)17-28-11-13-29(14-12-28)24(25-2)26-16-19-7-6-10-22(30-3)23(19)31-21-8-4-5-9-21;/h6-7,10,15,21H,4-5,8-9,11-14,16-17H2,1-3H3,(H,25,26);1H. The molecule has 0 atom stereocenters. The van der Waals surface area contributed by atoms with E-state index in [-0.39, 0.29) is 30.1 Å². The molecule has 0 radical (unpaired) electrons. The second-order valence-electron chi connectivity index (χ2n) is 8.57. The molecule has 8 nitrogen and oxygen atoms in total. The van der Waals surface area contributed by atoms with Crippen molar-refractivity contribution in [1.82, 2.24) is 20.3 Å². The van der Waals surface area contributed by atoms with Gasteiger partial charge in [0.15, 0.2) is 17.5 Å². The number of nitrogens with zero attached hydrogens (tertiary/aromatic N) is 4. The Kier molecular flexibility index (Phi) is 9.66. The van der Waals surface area contributed by atoms with Crippen LogP contribution in [0.15, 0.2) is 33.8 Å². The van der Waals surface area contributed by atoms with Gasteiger partial charge in [-0.25, -0.2) is 0 Å². The van der Waals surface area contributed by atoms with Crippen molar-refractivity contribution in [3.63, 3.8) is 0 Å². The monoisotopic (exact) mass is 569 g/mol. The topological polar surface area (TPSA) is 75.4 Å². The van der Waals surface area contributed by atoms with Gasteiger partial charge in [0.25, 0.3) is 0 Å². The fourth-order valence-corrected chi connectivity index (χ4v) is 4.51. The molecule has 2 aromatic rings. The van der Waals surface area contributed by atoms with E-state index in [1.807, 2.05) is 32.2 Å². The Hall–Kier alpha value is -2.01. The predicted octanol–water partition coefficient (Wildman–Crippen LogP) is 3.82. The van der Waals surface area contributed by atoms with Crippen LogP contribution in [0.4, 0.5) is 0 Å². The Morgan fingerprint density at radius 1 is 1.21 bits per heavy atom. The summed E-state index contributed by atoms with van der Waals surface area (Å²) >= 11 is 0. The molecule has 2 heterocycles. The molecule has 2 fully saturated rings. The summed E-state index contributed by atoms with van der Waals surface area (Å²) in [6.07, 6.45) is 4.99. The Morgan fingerprint density at radius 3 is 2.61 bits per heavy atom. The normalized spacial score (nSPS) is 17.7. The molecule has 9 heteroatoms. The molecule has 0 amide bonds. The first-order valence-corrected chi connectivity index (χ1v) is 11.6. The van der Waals surface area contributed by atoms with Gasteiger partial charge in [-0.1, -0.05) is 17.3 Å². The number of rotatable bonds is 7. The Bertz CT molecular complexity index is 905. The number of methoxy groups -OCH3 is 1. The lowest BCUT2D eigenvalue weighted by Crippen LogP contribution is -2.52. The van der Waals surface area contributed by atoms with Gasteiger partial charge in [0.2, 0.25) is 0 Å². The lowest BCUT2D eigenvalue weighted by Gasteiger charge is -2.36. The van der Waals surface area contributed by atoms with E-state index >= 15 is 0 Å². The van der Waals surface area contributed by atoms with E-state index in [2.05, 4.69) is 31.3 Å². The number of hydrogen-bond donors (Lipinski definition) is 1. The summed E-state index contributed by atoms with van der Waals surface area (Å²) in [5, 5.41) is 7.65. The maximum Gasteiger partial charge on any atom is 0.194 e. The number of hydrogen-bond acceptors (Lipinski definition) is 6. The van der Waals surface area contributed by atoms with Crippen LogP contribution in [-0.4, -0.2) is 67.4 Å². The molecule has 2 aliphatic rings. The Labute approximate surface area is 213 Å². The SMILES string of the molecule is CN=C(NCc1cccc(OC)c1OC1CCCC1)N1CCN(Cc2cc(C)on2)CC1.I. The van der Waals surface area contributed by atoms with E-state index in [1.165, 1.54) is 12.8 Å². The fraction of sp³-hybridized carbons (Fsp3) is 0.583. The van der Waals surface area contributed by atoms with Gasteiger partial charge in [-0.3, -0.25) is 9.89 Å². The van der Waals surface area contributed by atoms with Gasteiger partial charge in [-0.2, -0.15) is 0 Å². The summed E-state index contributed by atoms with van der Waals surface area (Å²) in [6, 6.07) is 8.10. The summed E-state index contributed by atoms with van der Waals surface area (Å²) in [5.74, 6) is 3.43. The average Bonchev–Trinajstić information content (AvgIpc) is 3.47. The van der Waals surface area contributed by atoms with Crippen molar-refractivity contribution in [3.05, 3.63) is 41.3 Å². The number of aromatic nitrogens is 1. The van der Waals surface area contributed by atoms with E-state index in [0.29, 0.717) is 6.54 Å². The van der Waals surface area contributed by atoms with Gasteiger partial charge in [-0.05, 0) is 38.7 Å². The number of halogens is 1. The molecule has 1 aliphatic heterocycles. The molecule has 1 aromatic carbocycles. The summed E-state index contributed by atoms with van der Waals surface area (Å²) in [6.45, 7) is 7.15. The van der Waals surface area contributed by atoms with Crippen LogP contribution in [0.5, 0.6) is 11.5 Å². The number of aryl methyl sites for hydroxylation is 1. The molecule has 4 rings (SSSR count). The highest BCUT2D eigenvalue weighted by molar-refractivity contribution is 14.0. The van der Waals surface area contributed by atoms with Crippen LogP contribution in [0.2, 0.25) is 0 Å². The van der Waals surface area contributed by atoms with Crippen molar-refractivity contribution in [2.24, 2.45) is 4.99 Å². The minimum atomic E-state index is 0. The van der Waals surface area contributed by atoms with E-state index in [4.69, 9.17) is 14.0 Å². The molecule has 1 aliphatic carbocycles. The second kappa shape index (κ2) is 12.5. The number of ether oxygens (including phenoxy) is 2. The highest BCUT2D eigenvalue weighted by atomic mass is 127. The van der Waals surface area contributed by atoms with Crippen LogP contribution >= 0.6 is 24.0 Å². The smallest absolute Gasteiger partial charge is 0.194 e. The Morgan fingerprint density at radius 2 is 1.97 bits per heavy atom. The number of piperazine rings is 1.